The van der Waals surface area contributed by atoms with E-state index in [1.165, 1.54) is 0 Å². The first-order valence-electron chi connectivity index (χ1n) is 1.41. The third kappa shape index (κ3) is 126. The molecule has 0 aliphatic carbocycles. The first-order valence-corrected chi connectivity index (χ1v) is 2.44. The van der Waals surface area contributed by atoms with Gasteiger partial charge in [-0.15, -0.1) is 0 Å². The highest BCUT2D eigenvalue weighted by molar-refractivity contribution is 7.73. The van der Waals surface area contributed by atoms with Crippen molar-refractivity contribution in [3.8, 4) is 0 Å². The molecule has 0 rings (SSSR count). The number of hydrogen-bond donors (Lipinski definition) is 5. The van der Waals surface area contributed by atoms with Crippen LogP contribution >= 0.6 is 0 Å². The lowest BCUT2D eigenvalue weighted by Gasteiger charge is -1.83. The molecule has 1 unspecified atom stereocenters. The lowest BCUT2D eigenvalue weighted by molar-refractivity contribution is 0.436. The molecule has 58 valence electrons. The van der Waals surface area contributed by atoms with E-state index in [-0.39, 0.29) is 0 Å². The van der Waals surface area contributed by atoms with Gasteiger partial charge in [0, 0.05) is 0 Å². The molecule has 0 aromatic rings. The summed E-state index contributed by atoms with van der Waals surface area (Å²) in [5.74, 6) is 0. The maximum absolute atomic E-state index is 8.56. The Balaban J connectivity index is -0.0000000750. The van der Waals surface area contributed by atoms with Crippen LogP contribution in [0, 0.1) is 22.1 Å². The Kier molecular flexibility index (Phi) is 40.1. The van der Waals surface area contributed by atoms with Gasteiger partial charge in [-0.1, -0.05) is 0 Å². The third-order valence-electron chi connectivity index (χ3n) is 0. The highest BCUT2D eigenvalue weighted by Gasteiger charge is 1.42. The van der Waals surface area contributed by atoms with Gasteiger partial charge in [0.05, 0.1) is 11.4 Å². The molecule has 0 fully saturated rings. The van der Waals surface area contributed by atoms with E-state index in [9.17, 15) is 0 Å². The summed E-state index contributed by atoms with van der Waals surface area (Å²) in [7, 11) is 0. The van der Waals surface area contributed by atoms with Crippen molar-refractivity contribution in [2.45, 2.75) is 0 Å². The van der Waals surface area contributed by atoms with Crippen LogP contribution in [0.3, 0.4) is 0 Å². The molecular weight excluding hydrogens is 164 g/mol. The van der Waals surface area contributed by atoms with Crippen LogP contribution in [0.4, 0.5) is 0 Å². The van der Waals surface area contributed by atoms with Gasteiger partial charge in [0.25, 0.3) is 0 Å². The van der Waals surface area contributed by atoms with E-state index in [1.807, 2.05) is 9.82 Å². The SMILES string of the molecule is N=[N+]=N.N=[N+]=N.O=S([O-])O. The van der Waals surface area contributed by atoms with Gasteiger partial charge in [-0.25, -0.2) is 4.21 Å². The normalized spacial score (nSPS) is 7.80. The fourth-order valence-electron chi connectivity index (χ4n) is 0. The smallest absolute Gasteiger partial charge is 0.211 e. The molecule has 0 aliphatic rings. The zero-order chi connectivity index (χ0) is 8.99. The van der Waals surface area contributed by atoms with E-state index in [0.717, 1.165) is 0 Å². The molecule has 1 atom stereocenters. The molecule has 0 spiro atoms. The fourth-order valence-corrected chi connectivity index (χ4v) is 0. The summed E-state index contributed by atoms with van der Waals surface area (Å²) in [6, 6.07) is 0. The van der Waals surface area contributed by atoms with Crippen LogP contribution in [0.15, 0.2) is 0 Å². The number of hydrogen-bond acceptors (Lipinski definition) is 6. The lowest BCUT2D eigenvalue weighted by Crippen LogP contribution is -1.75. The zero-order valence-corrected chi connectivity index (χ0v) is 5.38. The summed E-state index contributed by atoms with van der Waals surface area (Å²) in [6.07, 6.45) is 0. The first-order chi connectivity index (χ1) is 4.56. The molecule has 0 amide bonds. The van der Waals surface area contributed by atoms with Crippen molar-refractivity contribution in [1.29, 1.82) is 22.1 Å². The second-order valence-corrected chi connectivity index (χ2v) is 0.875. The van der Waals surface area contributed by atoms with E-state index >= 15 is 0 Å². The fraction of sp³-hybridized carbons (Fsp3) is 0. The van der Waals surface area contributed by atoms with Gasteiger partial charge >= 0.3 is 0 Å². The molecule has 10 heavy (non-hydrogen) atoms. The second-order valence-electron chi connectivity index (χ2n) is 0.441. The average Bonchev–Trinajstić information content (AvgIpc) is 1.65. The van der Waals surface area contributed by atoms with Crippen molar-refractivity contribution in [2.75, 3.05) is 0 Å². The summed E-state index contributed by atoms with van der Waals surface area (Å²) in [5, 5.41) is 0. The molecule has 0 heterocycles. The summed E-state index contributed by atoms with van der Waals surface area (Å²) >= 11 is -2.86. The maximum Gasteiger partial charge on any atom is 0.211 e. The molecule has 0 aliphatic heterocycles. The zero-order valence-electron chi connectivity index (χ0n) is 4.57. The monoisotopic (exact) mass is 169 g/mol. The standard InChI is InChI=1S/2H2N3.H2O3S/c2*1-3-2;1-4(2)3/h2*1-2H;(H2,1,2,3)/q2*+1;/p-1. The third-order valence-corrected chi connectivity index (χ3v) is 0. The largest absolute Gasteiger partial charge is 0.750 e. The van der Waals surface area contributed by atoms with E-state index in [2.05, 4.69) is 0 Å². The van der Waals surface area contributed by atoms with Crippen molar-refractivity contribution in [3.05, 3.63) is 0 Å². The molecular formula is H5N6O3S+. The first kappa shape index (κ1) is 15.9. The predicted octanol–water partition coefficient (Wildman–Crippen LogP) is -0.430. The summed E-state index contributed by atoms with van der Waals surface area (Å²) in [4.78, 5) is 4.00. The van der Waals surface area contributed by atoms with Gasteiger partial charge in [-0.3, -0.25) is 0 Å². The summed E-state index contributed by atoms with van der Waals surface area (Å²) in [5.41, 5.74) is 22.0. The van der Waals surface area contributed by atoms with Gasteiger partial charge in [0.15, 0.2) is 0 Å². The van der Waals surface area contributed by atoms with Crippen molar-refractivity contribution in [3.63, 3.8) is 0 Å². The lowest BCUT2D eigenvalue weighted by atomic mass is 13.0. The van der Waals surface area contributed by atoms with E-state index in [0.29, 0.717) is 0 Å². The molecule has 0 radical (unpaired) electrons. The van der Waals surface area contributed by atoms with Gasteiger partial charge in [-0.2, -0.15) is 0 Å². The van der Waals surface area contributed by atoms with E-state index in [4.69, 9.17) is 35.4 Å². The minimum atomic E-state index is -2.86. The van der Waals surface area contributed by atoms with Gasteiger partial charge in [-0.05, 0) is 0 Å². The summed E-state index contributed by atoms with van der Waals surface area (Å²) < 4.78 is 24.1. The molecule has 0 saturated carbocycles. The topological polar surface area (TPSA) is 184 Å². The van der Waals surface area contributed by atoms with Crippen LogP contribution in [0.1, 0.15) is 0 Å². The van der Waals surface area contributed by atoms with E-state index in [1.54, 1.807) is 0 Å². The minimum absolute atomic E-state index is 2.00. The van der Waals surface area contributed by atoms with Crippen molar-refractivity contribution >= 4 is 11.4 Å². The highest BCUT2D eigenvalue weighted by atomic mass is 32.2. The quantitative estimate of drug-likeness (QED) is 0.187. The van der Waals surface area contributed by atoms with Crippen LogP contribution < -0.4 is 9.82 Å². The molecule has 0 bridgehead atoms. The number of nitrogens with zero attached hydrogens (tertiary/aromatic N) is 2. The molecule has 0 aromatic heterocycles. The van der Waals surface area contributed by atoms with Crippen LogP contribution in [-0.4, -0.2) is 13.3 Å². The molecule has 0 aromatic carbocycles. The minimum Gasteiger partial charge on any atom is -0.750 e. The molecule has 10 heteroatoms. The van der Waals surface area contributed by atoms with Crippen LogP contribution in [-0.2, 0) is 11.4 Å². The maximum atomic E-state index is 8.56. The van der Waals surface area contributed by atoms with Crippen LogP contribution in [0.5, 0.6) is 0 Å². The second kappa shape index (κ2) is 25.3. The Morgan fingerprint density at radius 2 is 1.20 bits per heavy atom. The Bertz CT molecular complexity index is 123. The molecule has 9 nitrogen and oxygen atoms in total. The van der Waals surface area contributed by atoms with Gasteiger partial charge in [0.2, 0.25) is 9.82 Å². The molecule has 0 saturated heterocycles. The number of nitrogens with one attached hydrogen (secondary N) is 4. The van der Waals surface area contributed by atoms with Gasteiger partial charge < -0.3 is 9.11 Å². The molecule has 5 N–H and O–H groups in total. The van der Waals surface area contributed by atoms with Crippen LogP contribution in [0.25, 0.3) is 0 Å². The highest BCUT2D eigenvalue weighted by Crippen LogP contribution is 1.43. The average molecular weight is 169 g/mol. The Hall–Kier alpha value is -1.31. The van der Waals surface area contributed by atoms with Crippen LogP contribution in [0.2, 0.25) is 0 Å². The summed E-state index contributed by atoms with van der Waals surface area (Å²) in [6.45, 7) is 0. The van der Waals surface area contributed by atoms with Crippen molar-refractivity contribution in [1.82, 2.24) is 9.82 Å². The Labute approximate surface area is 57.6 Å². The number of rotatable bonds is 0. The van der Waals surface area contributed by atoms with Crippen molar-refractivity contribution < 1.29 is 13.3 Å². The Morgan fingerprint density at radius 1 is 1.20 bits per heavy atom. The Morgan fingerprint density at radius 3 is 1.20 bits per heavy atom. The van der Waals surface area contributed by atoms with E-state index < -0.39 is 11.4 Å². The van der Waals surface area contributed by atoms with Gasteiger partial charge in [0.1, 0.15) is 22.1 Å². The van der Waals surface area contributed by atoms with Crippen molar-refractivity contribution in [2.24, 2.45) is 0 Å². The predicted molar refractivity (Wildman–Crippen MR) is 26.7 cm³/mol.